The number of benzene rings is 1. The van der Waals surface area contributed by atoms with Gasteiger partial charge in [-0.1, -0.05) is 0 Å². The molecule has 0 unspecified atom stereocenters. The molecule has 0 saturated heterocycles. The Labute approximate surface area is 96.8 Å². The topological polar surface area (TPSA) is 55.8 Å². The third-order valence-corrected chi connectivity index (χ3v) is 1.98. The van der Waals surface area contributed by atoms with Gasteiger partial charge in [0, 0.05) is 20.1 Å². The van der Waals surface area contributed by atoms with Gasteiger partial charge in [0.15, 0.2) is 17.4 Å². The second-order valence-corrected chi connectivity index (χ2v) is 3.27. The SMILES string of the molecule is COCCCOc1c(F)cc(C(=O)O)cc1F. The molecule has 6 heteroatoms. The molecular weight excluding hydrogens is 234 g/mol. The fraction of sp³-hybridized carbons (Fsp3) is 0.364. The van der Waals surface area contributed by atoms with Gasteiger partial charge in [0.1, 0.15) is 0 Å². The van der Waals surface area contributed by atoms with Gasteiger partial charge in [-0.2, -0.15) is 0 Å². The van der Waals surface area contributed by atoms with Gasteiger partial charge in [-0.3, -0.25) is 0 Å². The minimum absolute atomic E-state index is 0.0914. The molecule has 17 heavy (non-hydrogen) atoms. The lowest BCUT2D eigenvalue weighted by atomic mass is 10.2. The monoisotopic (exact) mass is 246 g/mol. The van der Waals surface area contributed by atoms with Crippen LogP contribution in [0.2, 0.25) is 0 Å². The summed E-state index contributed by atoms with van der Waals surface area (Å²) in [4.78, 5) is 10.5. The highest BCUT2D eigenvalue weighted by Gasteiger charge is 2.15. The molecule has 0 atom stereocenters. The maximum atomic E-state index is 13.3. The Bertz CT molecular complexity index is 383. The van der Waals surface area contributed by atoms with E-state index >= 15 is 0 Å². The first-order valence-electron chi connectivity index (χ1n) is 4.90. The molecule has 0 aliphatic carbocycles. The highest BCUT2D eigenvalue weighted by atomic mass is 19.1. The molecule has 0 saturated carbocycles. The van der Waals surface area contributed by atoms with Crippen LogP contribution < -0.4 is 4.74 Å². The van der Waals surface area contributed by atoms with Gasteiger partial charge in [0.2, 0.25) is 0 Å². The molecule has 0 bridgehead atoms. The zero-order valence-corrected chi connectivity index (χ0v) is 9.20. The summed E-state index contributed by atoms with van der Waals surface area (Å²) in [6, 6.07) is 1.44. The zero-order chi connectivity index (χ0) is 12.8. The Morgan fingerprint density at radius 2 is 1.88 bits per heavy atom. The molecule has 0 amide bonds. The van der Waals surface area contributed by atoms with Crippen LogP contribution >= 0.6 is 0 Å². The summed E-state index contributed by atoms with van der Waals surface area (Å²) in [5.41, 5.74) is -0.454. The molecule has 0 fully saturated rings. The van der Waals surface area contributed by atoms with E-state index in [0.29, 0.717) is 13.0 Å². The van der Waals surface area contributed by atoms with Crippen LogP contribution in [-0.4, -0.2) is 31.4 Å². The second kappa shape index (κ2) is 6.15. The van der Waals surface area contributed by atoms with Crippen LogP contribution in [0.15, 0.2) is 12.1 Å². The molecule has 1 rings (SSSR count). The summed E-state index contributed by atoms with van der Waals surface area (Å²) < 4.78 is 36.3. The first-order chi connectivity index (χ1) is 8.06. The number of carboxylic acids is 1. The van der Waals surface area contributed by atoms with Gasteiger partial charge < -0.3 is 14.6 Å². The summed E-state index contributed by atoms with van der Waals surface area (Å²) in [6.45, 7) is 0.505. The van der Waals surface area contributed by atoms with E-state index in [1.165, 1.54) is 7.11 Å². The first kappa shape index (κ1) is 13.4. The quantitative estimate of drug-likeness (QED) is 0.781. The zero-order valence-electron chi connectivity index (χ0n) is 9.20. The minimum atomic E-state index is -1.39. The lowest BCUT2D eigenvalue weighted by molar-refractivity contribution is 0.0695. The van der Waals surface area contributed by atoms with E-state index in [2.05, 4.69) is 0 Å². The molecule has 1 aromatic carbocycles. The van der Waals surface area contributed by atoms with Gasteiger partial charge in [0.05, 0.1) is 12.2 Å². The van der Waals surface area contributed by atoms with Crippen molar-refractivity contribution in [2.75, 3.05) is 20.3 Å². The Hall–Kier alpha value is -1.69. The third kappa shape index (κ3) is 3.67. The number of carbonyl (C=O) groups is 1. The average molecular weight is 246 g/mol. The molecule has 0 aliphatic rings. The predicted octanol–water partition coefficient (Wildman–Crippen LogP) is 2.08. The molecule has 0 aromatic heterocycles. The summed E-state index contributed by atoms with van der Waals surface area (Å²) in [5.74, 6) is -4.01. The normalized spacial score (nSPS) is 10.3. The van der Waals surface area contributed by atoms with E-state index < -0.39 is 28.9 Å². The Morgan fingerprint density at radius 1 is 1.29 bits per heavy atom. The molecule has 94 valence electrons. The Morgan fingerprint density at radius 3 is 2.35 bits per heavy atom. The molecule has 0 spiro atoms. The number of rotatable bonds is 6. The van der Waals surface area contributed by atoms with Crippen LogP contribution in [0.3, 0.4) is 0 Å². The lowest BCUT2D eigenvalue weighted by Crippen LogP contribution is -2.06. The number of halogens is 2. The summed E-state index contributed by atoms with van der Waals surface area (Å²) >= 11 is 0. The second-order valence-electron chi connectivity index (χ2n) is 3.27. The van der Waals surface area contributed by atoms with Crippen molar-refractivity contribution in [3.63, 3.8) is 0 Å². The minimum Gasteiger partial charge on any atom is -0.488 e. The van der Waals surface area contributed by atoms with Crippen LogP contribution in [0.4, 0.5) is 8.78 Å². The van der Waals surface area contributed by atoms with Crippen molar-refractivity contribution >= 4 is 5.97 Å². The van der Waals surface area contributed by atoms with Gasteiger partial charge in [-0.25, -0.2) is 13.6 Å². The maximum absolute atomic E-state index is 13.3. The van der Waals surface area contributed by atoms with Crippen molar-refractivity contribution in [2.45, 2.75) is 6.42 Å². The third-order valence-electron chi connectivity index (χ3n) is 1.98. The Balaban J connectivity index is 2.76. The summed E-state index contributed by atoms with van der Waals surface area (Å²) in [5, 5.41) is 8.58. The van der Waals surface area contributed by atoms with E-state index in [-0.39, 0.29) is 6.61 Å². The number of hydrogen-bond donors (Lipinski definition) is 1. The molecule has 0 heterocycles. The predicted molar refractivity (Wildman–Crippen MR) is 55.3 cm³/mol. The molecule has 1 N–H and O–H groups in total. The fourth-order valence-electron chi connectivity index (χ4n) is 1.20. The van der Waals surface area contributed by atoms with E-state index in [9.17, 15) is 13.6 Å². The highest BCUT2D eigenvalue weighted by Crippen LogP contribution is 2.23. The van der Waals surface area contributed by atoms with Crippen molar-refractivity contribution in [3.8, 4) is 5.75 Å². The lowest BCUT2D eigenvalue weighted by Gasteiger charge is -2.08. The number of carboxylic acid groups (broad SMARTS) is 1. The van der Waals surface area contributed by atoms with Crippen molar-refractivity contribution < 1.29 is 28.2 Å². The largest absolute Gasteiger partial charge is 0.488 e. The molecule has 1 aromatic rings. The van der Waals surface area contributed by atoms with Gasteiger partial charge in [0.25, 0.3) is 0 Å². The molecule has 0 aliphatic heterocycles. The summed E-state index contributed by atoms with van der Waals surface area (Å²) in [7, 11) is 1.50. The van der Waals surface area contributed by atoms with Crippen molar-refractivity contribution in [3.05, 3.63) is 29.3 Å². The van der Waals surface area contributed by atoms with Gasteiger partial charge >= 0.3 is 5.97 Å². The standard InChI is InChI=1S/C11H12F2O4/c1-16-3-2-4-17-10-8(12)5-7(11(14)15)6-9(10)13/h5-6H,2-4H2,1H3,(H,14,15). The average Bonchev–Trinajstić information content (AvgIpc) is 2.26. The Kier molecular flexibility index (Phi) is 4.84. The number of methoxy groups -OCH3 is 1. The van der Waals surface area contributed by atoms with Gasteiger partial charge in [-0.15, -0.1) is 0 Å². The van der Waals surface area contributed by atoms with Crippen LogP contribution in [0.5, 0.6) is 5.75 Å². The summed E-state index contributed by atoms with van der Waals surface area (Å²) in [6.07, 6.45) is 0.482. The van der Waals surface area contributed by atoms with E-state index in [1.807, 2.05) is 0 Å². The fourth-order valence-corrected chi connectivity index (χ4v) is 1.20. The van der Waals surface area contributed by atoms with Crippen molar-refractivity contribution in [2.24, 2.45) is 0 Å². The van der Waals surface area contributed by atoms with Crippen molar-refractivity contribution in [1.29, 1.82) is 0 Å². The number of ether oxygens (including phenoxy) is 2. The number of hydrogen-bond acceptors (Lipinski definition) is 3. The van der Waals surface area contributed by atoms with E-state index in [1.54, 1.807) is 0 Å². The van der Waals surface area contributed by atoms with E-state index in [0.717, 1.165) is 12.1 Å². The maximum Gasteiger partial charge on any atom is 0.335 e. The van der Waals surface area contributed by atoms with Crippen molar-refractivity contribution in [1.82, 2.24) is 0 Å². The van der Waals surface area contributed by atoms with Crippen LogP contribution in [-0.2, 0) is 4.74 Å². The molecular formula is C11H12F2O4. The molecule has 4 nitrogen and oxygen atoms in total. The van der Waals surface area contributed by atoms with Crippen LogP contribution in [0.25, 0.3) is 0 Å². The van der Waals surface area contributed by atoms with Gasteiger partial charge in [-0.05, 0) is 12.1 Å². The smallest absolute Gasteiger partial charge is 0.335 e. The number of aromatic carboxylic acids is 1. The highest BCUT2D eigenvalue weighted by molar-refractivity contribution is 5.87. The van der Waals surface area contributed by atoms with Crippen LogP contribution in [0, 0.1) is 11.6 Å². The van der Waals surface area contributed by atoms with E-state index in [4.69, 9.17) is 14.6 Å². The molecule has 0 radical (unpaired) electrons. The first-order valence-corrected chi connectivity index (χ1v) is 4.90. The van der Waals surface area contributed by atoms with Crippen LogP contribution in [0.1, 0.15) is 16.8 Å².